The molecule has 0 radical (unpaired) electrons. The third kappa shape index (κ3) is 5.03. The normalized spacial score (nSPS) is 22.4. The molecule has 1 aromatic rings. The quantitative estimate of drug-likeness (QED) is 0.263. The highest BCUT2D eigenvalue weighted by atomic mass is 16.5. The number of unbranched alkanes of at least 4 members (excludes halogenated alkanes) is 2. The topological polar surface area (TPSA) is 38.8 Å². The van der Waals surface area contributed by atoms with Gasteiger partial charge in [-0.1, -0.05) is 31.4 Å². The summed E-state index contributed by atoms with van der Waals surface area (Å²) < 4.78 is 12.5. The molecule has 0 spiro atoms. The highest BCUT2D eigenvalue weighted by Crippen LogP contribution is 2.53. The van der Waals surface area contributed by atoms with Crippen molar-refractivity contribution in [2.75, 3.05) is 20.6 Å². The van der Waals surface area contributed by atoms with E-state index in [1.165, 1.54) is 24.0 Å². The van der Waals surface area contributed by atoms with Crippen LogP contribution in [0.4, 0.5) is 0 Å². The van der Waals surface area contributed by atoms with Gasteiger partial charge in [0, 0.05) is 17.4 Å². The van der Waals surface area contributed by atoms with E-state index in [9.17, 15) is 4.79 Å². The average Bonchev–Trinajstić information content (AvgIpc) is 2.60. The number of rotatable bonds is 7. The van der Waals surface area contributed by atoms with Crippen LogP contribution in [0.5, 0.6) is 11.5 Å². The summed E-state index contributed by atoms with van der Waals surface area (Å²) in [5.74, 6) is 1.98. The van der Waals surface area contributed by atoms with Gasteiger partial charge in [0.2, 0.25) is 0 Å². The van der Waals surface area contributed by atoms with Crippen molar-refractivity contribution in [3.8, 4) is 11.5 Å². The van der Waals surface area contributed by atoms with E-state index >= 15 is 0 Å². The standard InChI is InChI=1S/C25H37NO3/c1-7-8-9-10-18-14-21(28-23(27)16-26(5)6)24-19-13-17(2)11-12-20(19)25(3,4)29-22(24)15-18/h13-15,19-20H,7-12,16H2,1-6H3/t19-,20?/m1/s1. The highest BCUT2D eigenvalue weighted by Gasteiger charge is 2.45. The number of allylic oxidation sites excluding steroid dienone is 2. The first kappa shape index (κ1) is 21.9. The number of aryl methyl sites for hydroxylation is 1. The Hall–Kier alpha value is -1.81. The third-order valence-electron chi connectivity index (χ3n) is 6.25. The number of carbonyl (C=O) groups excluding carboxylic acids is 1. The fourth-order valence-corrected chi connectivity index (χ4v) is 4.78. The minimum absolute atomic E-state index is 0.221. The zero-order chi connectivity index (χ0) is 21.2. The zero-order valence-electron chi connectivity index (χ0n) is 19.0. The van der Waals surface area contributed by atoms with Crippen molar-refractivity contribution >= 4 is 5.97 Å². The fourth-order valence-electron chi connectivity index (χ4n) is 4.78. The molecule has 1 aromatic carbocycles. The molecule has 0 aromatic heterocycles. The van der Waals surface area contributed by atoms with Gasteiger partial charge in [0.15, 0.2) is 0 Å². The van der Waals surface area contributed by atoms with E-state index in [2.05, 4.69) is 45.9 Å². The maximum Gasteiger partial charge on any atom is 0.325 e. The minimum Gasteiger partial charge on any atom is -0.487 e. The number of nitrogens with zero attached hydrogens (tertiary/aromatic N) is 1. The third-order valence-corrected chi connectivity index (χ3v) is 6.25. The van der Waals surface area contributed by atoms with Gasteiger partial charge >= 0.3 is 5.97 Å². The smallest absolute Gasteiger partial charge is 0.325 e. The molecule has 2 aliphatic rings. The summed E-state index contributed by atoms with van der Waals surface area (Å²) in [6, 6.07) is 4.27. The lowest BCUT2D eigenvalue weighted by atomic mass is 9.68. The summed E-state index contributed by atoms with van der Waals surface area (Å²) in [6.45, 7) is 9.08. The van der Waals surface area contributed by atoms with Gasteiger partial charge in [0.25, 0.3) is 0 Å². The predicted octanol–water partition coefficient (Wildman–Crippen LogP) is 5.50. The second-order valence-corrected chi connectivity index (χ2v) is 9.56. The summed E-state index contributed by atoms with van der Waals surface area (Å²) in [5.41, 5.74) is 3.42. The first-order valence-corrected chi connectivity index (χ1v) is 11.1. The van der Waals surface area contributed by atoms with Gasteiger partial charge in [-0.3, -0.25) is 9.69 Å². The van der Waals surface area contributed by atoms with Gasteiger partial charge < -0.3 is 9.47 Å². The molecule has 1 heterocycles. The van der Waals surface area contributed by atoms with E-state index < -0.39 is 0 Å². The molecule has 1 aliphatic carbocycles. The van der Waals surface area contributed by atoms with E-state index in [-0.39, 0.29) is 24.0 Å². The van der Waals surface area contributed by atoms with Gasteiger partial charge in [0.1, 0.15) is 17.1 Å². The molecule has 160 valence electrons. The van der Waals surface area contributed by atoms with Crippen LogP contribution in [0.25, 0.3) is 0 Å². The molecule has 0 amide bonds. The van der Waals surface area contributed by atoms with Crippen LogP contribution in [-0.4, -0.2) is 37.1 Å². The summed E-state index contributed by atoms with van der Waals surface area (Å²) in [7, 11) is 3.76. The van der Waals surface area contributed by atoms with Gasteiger partial charge in [-0.2, -0.15) is 0 Å². The van der Waals surface area contributed by atoms with Gasteiger partial charge in [-0.25, -0.2) is 0 Å². The van der Waals surface area contributed by atoms with E-state index in [0.717, 1.165) is 37.0 Å². The summed E-state index contributed by atoms with van der Waals surface area (Å²) in [4.78, 5) is 14.4. The monoisotopic (exact) mass is 399 g/mol. The lowest BCUT2D eigenvalue weighted by Gasteiger charge is -2.46. The van der Waals surface area contributed by atoms with Crippen molar-refractivity contribution in [3.63, 3.8) is 0 Å². The molecule has 2 atom stereocenters. The Bertz CT molecular complexity index is 779. The molecule has 0 bridgehead atoms. The van der Waals surface area contributed by atoms with Crippen molar-refractivity contribution in [1.29, 1.82) is 0 Å². The van der Waals surface area contributed by atoms with Crippen LogP contribution in [0, 0.1) is 5.92 Å². The first-order chi connectivity index (χ1) is 13.7. The molecule has 0 saturated heterocycles. The molecule has 4 nitrogen and oxygen atoms in total. The Kier molecular flexibility index (Phi) is 6.72. The number of hydrogen-bond acceptors (Lipinski definition) is 4. The fraction of sp³-hybridized carbons (Fsp3) is 0.640. The summed E-state index contributed by atoms with van der Waals surface area (Å²) >= 11 is 0. The SMILES string of the molecule is CCCCCc1cc(OC(=O)CN(C)C)c2c(c1)OC(C)(C)C1CCC(C)=C[C@@H]21. The summed E-state index contributed by atoms with van der Waals surface area (Å²) in [6.07, 6.45) is 9.08. The van der Waals surface area contributed by atoms with E-state index in [0.29, 0.717) is 11.7 Å². The van der Waals surface area contributed by atoms with Crippen LogP contribution in [0.3, 0.4) is 0 Å². The minimum atomic E-state index is -0.234. The predicted molar refractivity (Wildman–Crippen MR) is 118 cm³/mol. The molecule has 29 heavy (non-hydrogen) atoms. The Morgan fingerprint density at radius 1 is 1.28 bits per heavy atom. The second-order valence-electron chi connectivity index (χ2n) is 9.56. The maximum atomic E-state index is 12.5. The van der Waals surface area contributed by atoms with Crippen molar-refractivity contribution in [2.45, 2.75) is 77.7 Å². The van der Waals surface area contributed by atoms with Gasteiger partial charge in [0.05, 0.1) is 6.54 Å². The highest BCUT2D eigenvalue weighted by molar-refractivity contribution is 5.75. The Balaban J connectivity index is 2.04. The lowest BCUT2D eigenvalue weighted by Crippen LogP contribution is -2.45. The van der Waals surface area contributed by atoms with E-state index in [1.807, 2.05) is 19.0 Å². The number of esters is 1. The largest absolute Gasteiger partial charge is 0.487 e. The van der Waals surface area contributed by atoms with E-state index in [4.69, 9.17) is 9.47 Å². The van der Waals surface area contributed by atoms with Crippen LogP contribution in [0.1, 0.15) is 76.8 Å². The van der Waals surface area contributed by atoms with Crippen LogP contribution < -0.4 is 9.47 Å². The molecular weight excluding hydrogens is 362 g/mol. The van der Waals surface area contributed by atoms with Gasteiger partial charge in [-0.15, -0.1) is 0 Å². The van der Waals surface area contributed by atoms with E-state index in [1.54, 1.807) is 0 Å². The molecule has 3 rings (SSSR count). The molecule has 0 N–H and O–H groups in total. The van der Waals surface area contributed by atoms with Gasteiger partial charge in [-0.05, 0) is 78.2 Å². The number of hydrogen-bond donors (Lipinski definition) is 0. The lowest BCUT2D eigenvalue weighted by molar-refractivity contribution is -0.135. The first-order valence-electron chi connectivity index (χ1n) is 11.1. The summed E-state index contributed by atoms with van der Waals surface area (Å²) in [5, 5.41) is 0. The molecule has 1 unspecified atom stereocenters. The van der Waals surface area contributed by atoms with Crippen molar-refractivity contribution in [3.05, 3.63) is 34.9 Å². The van der Waals surface area contributed by atoms with Crippen molar-refractivity contribution < 1.29 is 14.3 Å². The molecule has 1 aliphatic heterocycles. The number of benzene rings is 1. The van der Waals surface area contributed by atoms with Crippen LogP contribution in [0.2, 0.25) is 0 Å². The molecule has 0 fully saturated rings. The van der Waals surface area contributed by atoms with Crippen molar-refractivity contribution in [1.82, 2.24) is 4.90 Å². The average molecular weight is 400 g/mol. The molecule has 4 heteroatoms. The number of likely N-dealkylation sites (N-methyl/N-ethyl adjacent to an activating group) is 1. The molecular formula is C25H37NO3. The number of carbonyl (C=O) groups is 1. The second kappa shape index (κ2) is 8.91. The Morgan fingerprint density at radius 2 is 2.03 bits per heavy atom. The van der Waals surface area contributed by atoms with Crippen LogP contribution in [0.15, 0.2) is 23.8 Å². The number of ether oxygens (including phenoxy) is 2. The Morgan fingerprint density at radius 3 is 2.72 bits per heavy atom. The van der Waals surface area contributed by atoms with Crippen LogP contribution >= 0.6 is 0 Å². The maximum absolute atomic E-state index is 12.5. The van der Waals surface area contributed by atoms with Crippen molar-refractivity contribution in [2.24, 2.45) is 5.92 Å². The molecule has 0 saturated carbocycles. The zero-order valence-corrected chi connectivity index (χ0v) is 19.0. The van der Waals surface area contributed by atoms with Crippen LogP contribution in [-0.2, 0) is 11.2 Å². The number of fused-ring (bicyclic) bond motifs is 3. The Labute approximate surface area is 176 Å².